The summed E-state index contributed by atoms with van der Waals surface area (Å²) in [6, 6.07) is 19.1. The third-order valence-corrected chi connectivity index (χ3v) is 4.04. The van der Waals surface area contributed by atoms with Gasteiger partial charge in [-0.25, -0.2) is 0 Å². The van der Waals surface area contributed by atoms with Crippen molar-refractivity contribution < 1.29 is 14.5 Å². The van der Waals surface area contributed by atoms with Crippen molar-refractivity contribution in [2.45, 2.75) is 0 Å². The Bertz CT molecular complexity index is 1090. The Hall–Kier alpha value is -3.89. The molecule has 138 valence electrons. The maximum atomic E-state index is 12.4. The van der Waals surface area contributed by atoms with Gasteiger partial charge in [-0.2, -0.15) is 5.26 Å². The molecule has 0 atom stereocenters. The van der Waals surface area contributed by atoms with Crippen LogP contribution in [0.4, 0.5) is 11.4 Å². The molecule has 0 heterocycles. The number of carbonyl (C=O) groups is 1. The van der Waals surface area contributed by atoms with Crippen LogP contribution < -0.4 is 10.1 Å². The number of anilines is 1. The topological polar surface area (TPSA) is 105 Å². The van der Waals surface area contributed by atoms with Gasteiger partial charge in [-0.1, -0.05) is 17.7 Å². The molecule has 3 aromatic rings. The minimum atomic E-state index is -0.648. The Kier molecular flexibility index (Phi) is 5.53. The number of halogens is 1. The fourth-order valence-corrected chi connectivity index (χ4v) is 2.55. The zero-order chi connectivity index (χ0) is 20.1. The summed E-state index contributed by atoms with van der Waals surface area (Å²) in [6.07, 6.45) is 0. The van der Waals surface area contributed by atoms with Crippen LogP contribution in [0.3, 0.4) is 0 Å². The number of nitrogens with one attached hydrogen (secondary N) is 1. The van der Waals surface area contributed by atoms with Gasteiger partial charge in [0.1, 0.15) is 16.5 Å². The number of amides is 1. The van der Waals surface area contributed by atoms with Gasteiger partial charge in [0.15, 0.2) is 0 Å². The molecule has 0 aliphatic heterocycles. The normalized spacial score (nSPS) is 10.0. The summed E-state index contributed by atoms with van der Waals surface area (Å²) in [4.78, 5) is 22.7. The average molecular weight is 394 g/mol. The van der Waals surface area contributed by atoms with Crippen molar-refractivity contribution in [3.05, 3.63) is 93.0 Å². The first-order valence-corrected chi connectivity index (χ1v) is 8.37. The molecular formula is C20H12ClN3O4. The van der Waals surface area contributed by atoms with Crippen LogP contribution in [0.2, 0.25) is 5.02 Å². The van der Waals surface area contributed by atoms with Gasteiger partial charge >= 0.3 is 0 Å². The number of carbonyl (C=O) groups excluding carboxylic acids is 1. The highest BCUT2D eigenvalue weighted by atomic mass is 35.5. The monoisotopic (exact) mass is 393 g/mol. The first-order valence-electron chi connectivity index (χ1n) is 7.99. The molecule has 0 aliphatic rings. The van der Waals surface area contributed by atoms with Crippen LogP contribution in [0.1, 0.15) is 15.9 Å². The lowest BCUT2D eigenvalue weighted by Gasteiger charge is -2.09. The summed E-state index contributed by atoms with van der Waals surface area (Å²) < 4.78 is 5.70. The van der Waals surface area contributed by atoms with Gasteiger partial charge < -0.3 is 10.1 Å². The van der Waals surface area contributed by atoms with Gasteiger partial charge in [0.05, 0.1) is 16.6 Å². The molecule has 3 aromatic carbocycles. The number of hydrogen-bond donors (Lipinski definition) is 1. The zero-order valence-electron chi connectivity index (χ0n) is 14.3. The predicted molar refractivity (Wildman–Crippen MR) is 104 cm³/mol. The first-order chi connectivity index (χ1) is 13.5. The standard InChI is InChI=1S/C20H12ClN3O4/c21-18-9-6-14(10-19(18)24(26)27)20(25)23-15-2-1-3-17(11-15)28-16-7-4-13(12-22)5-8-16/h1-11H,(H,23,25). The van der Waals surface area contributed by atoms with Crippen molar-refractivity contribution in [3.8, 4) is 17.6 Å². The second kappa shape index (κ2) is 8.20. The summed E-state index contributed by atoms with van der Waals surface area (Å²) in [7, 11) is 0. The minimum absolute atomic E-state index is 0.0423. The van der Waals surface area contributed by atoms with E-state index in [-0.39, 0.29) is 16.3 Å². The number of hydrogen-bond acceptors (Lipinski definition) is 5. The van der Waals surface area contributed by atoms with Crippen molar-refractivity contribution in [1.82, 2.24) is 0 Å². The Morgan fingerprint density at radius 2 is 1.82 bits per heavy atom. The van der Waals surface area contributed by atoms with Crippen LogP contribution in [0, 0.1) is 21.4 Å². The van der Waals surface area contributed by atoms with Crippen molar-refractivity contribution >= 4 is 28.9 Å². The largest absolute Gasteiger partial charge is 0.457 e. The van der Waals surface area contributed by atoms with Crippen LogP contribution in [-0.4, -0.2) is 10.8 Å². The molecule has 0 bridgehead atoms. The third kappa shape index (κ3) is 4.44. The molecule has 0 saturated heterocycles. The van der Waals surface area contributed by atoms with Gasteiger partial charge in [0, 0.05) is 23.4 Å². The van der Waals surface area contributed by atoms with E-state index in [0.29, 0.717) is 22.7 Å². The maximum Gasteiger partial charge on any atom is 0.288 e. The summed E-state index contributed by atoms with van der Waals surface area (Å²) in [6.45, 7) is 0. The van der Waals surface area contributed by atoms with Crippen molar-refractivity contribution in [2.24, 2.45) is 0 Å². The molecule has 0 radical (unpaired) electrons. The average Bonchev–Trinajstić information content (AvgIpc) is 2.69. The predicted octanol–water partition coefficient (Wildman–Crippen LogP) is 5.16. The van der Waals surface area contributed by atoms with E-state index >= 15 is 0 Å². The number of nitro benzene ring substituents is 1. The Balaban J connectivity index is 1.75. The van der Waals surface area contributed by atoms with Crippen molar-refractivity contribution in [1.29, 1.82) is 5.26 Å². The molecule has 0 saturated carbocycles. The van der Waals surface area contributed by atoms with Crippen LogP contribution >= 0.6 is 11.6 Å². The van der Waals surface area contributed by atoms with E-state index in [2.05, 4.69) is 5.32 Å². The van der Waals surface area contributed by atoms with E-state index in [1.54, 1.807) is 48.5 Å². The molecule has 0 aliphatic carbocycles. The first kappa shape index (κ1) is 18.9. The molecule has 7 nitrogen and oxygen atoms in total. The van der Waals surface area contributed by atoms with E-state index in [1.165, 1.54) is 12.1 Å². The SMILES string of the molecule is N#Cc1ccc(Oc2cccc(NC(=O)c3ccc(Cl)c([N+](=O)[O-])c3)c2)cc1. The number of rotatable bonds is 5. The Morgan fingerprint density at radius 1 is 1.07 bits per heavy atom. The van der Waals surface area contributed by atoms with Gasteiger partial charge in [0.25, 0.3) is 11.6 Å². The lowest BCUT2D eigenvalue weighted by Crippen LogP contribution is -2.12. The number of nitriles is 1. The lowest BCUT2D eigenvalue weighted by atomic mass is 10.2. The van der Waals surface area contributed by atoms with Crippen LogP contribution in [-0.2, 0) is 0 Å². The molecule has 0 fully saturated rings. The second-order valence-electron chi connectivity index (χ2n) is 5.64. The Labute approximate surface area is 164 Å². The van der Waals surface area contributed by atoms with E-state index in [4.69, 9.17) is 21.6 Å². The highest BCUT2D eigenvalue weighted by Gasteiger charge is 2.16. The van der Waals surface area contributed by atoms with E-state index < -0.39 is 10.8 Å². The van der Waals surface area contributed by atoms with Crippen LogP contribution in [0.25, 0.3) is 0 Å². The lowest BCUT2D eigenvalue weighted by molar-refractivity contribution is -0.384. The number of nitrogens with zero attached hydrogens (tertiary/aromatic N) is 2. The summed E-state index contributed by atoms with van der Waals surface area (Å²) in [5, 5.41) is 22.4. The molecule has 0 spiro atoms. The second-order valence-corrected chi connectivity index (χ2v) is 6.05. The van der Waals surface area contributed by atoms with Gasteiger partial charge in [0.2, 0.25) is 0 Å². The number of ether oxygens (including phenoxy) is 1. The molecule has 0 unspecified atom stereocenters. The molecular weight excluding hydrogens is 382 g/mol. The van der Waals surface area contributed by atoms with E-state index in [1.807, 2.05) is 6.07 Å². The Morgan fingerprint density at radius 3 is 2.50 bits per heavy atom. The molecule has 3 rings (SSSR count). The zero-order valence-corrected chi connectivity index (χ0v) is 15.0. The number of nitro groups is 1. The highest BCUT2D eigenvalue weighted by Crippen LogP contribution is 2.27. The molecule has 8 heteroatoms. The fourth-order valence-electron chi connectivity index (χ4n) is 2.37. The van der Waals surface area contributed by atoms with Gasteiger partial charge in [-0.05, 0) is 48.5 Å². The summed E-state index contributed by atoms with van der Waals surface area (Å²) in [5.74, 6) is 0.496. The highest BCUT2D eigenvalue weighted by molar-refractivity contribution is 6.32. The number of benzene rings is 3. The minimum Gasteiger partial charge on any atom is -0.457 e. The van der Waals surface area contributed by atoms with Crippen LogP contribution in [0.15, 0.2) is 66.7 Å². The molecule has 1 N–H and O–H groups in total. The van der Waals surface area contributed by atoms with E-state index in [0.717, 1.165) is 6.07 Å². The molecule has 0 aromatic heterocycles. The van der Waals surface area contributed by atoms with E-state index in [9.17, 15) is 14.9 Å². The quantitative estimate of drug-likeness (QED) is 0.475. The summed E-state index contributed by atoms with van der Waals surface area (Å²) >= 11 is 5.77. The third-order valence-electron chi connectivity index (χ3n) is 3.72. The fraction of sp³-hybridized carbons (Fsp3) is 0. The van der Waals surface area contributed by atoms with Crippen molar-refractivity contribution in [2.75, 3.05) is 5.32 Å². The van der Waals surface area contributed by atoms with Crippen molar-refractivity contribution in [3.63, 3.8) is 0 Å². The summed E-state index contributed by atoms with van der Waals surface area (Å²) in [5.41, 5.74) is 0.737. The molecule has 1 amide bonds. The van der Waals surface area contributed by atoms with Crippen LogP contribution in [0.5, 0.6) is 11.5 Å². The molecule has 28 heavy (non-hydrogen) atoms. The van der Waals surface area contributed by atoms with Gasteiger partial charge in [-0.3, -0.25) is 14.9 Å². The smallest absolute Gasteiger partial charge is 0.288 e. The maximum absolute atomic E-state index is 12.4. The van der Waals surface area contributed by atoms with Gasteiger partial charge in [-0.15, -0.1) is 0 Å².